The molecule has 6 heteroatoms. The van der Waals surface area contributed by atoms with Crippen LogP contribution in [-0.4, -0.2) is 23.2 Å². The van der Waals surface area contributed by atoms with Crippen molar-refractivity contribution in [2.75, 3.05) is 0 Å². The summed E-state index contributed by atoms with van der Waals surface area (Å²) in [5.74, 6) is -3.00. The van der Waals surface area contributed by atoms with Crippen molar-refractivity contribution in [2.24, 2.45) is 5.73 Å². The van der Waals surface area contributed by atoms with Crippen LogP contribution in [0.1, 0.15) is 38.8 Å². The normalized spacial score (nSPS) is 25.0. The summed E-state index contributed by atoms with van der Waals surface area (Å²) in [6.07, 6.45) is -1.22. The van der Waals surface area contributed by atoms with Gasteiger partial charge in [-0.2, -0.15) is 0 Å². The average molecular weight is 298 g/mol. The molecule has 1 aromatic rings. The molecular weight excluding hydrogens is 278 g/mol. The zero-order chi connectivity index (χ0) is 15.9. The Morgan fingerprint density at radius 3 is 2.29 bits per heavy atom. The van der Waals surface area contributed by atoms with E-state index < -0.39 is 35.6 Å². The van der Waals surface area contributed by atoms with Crippen LogP contribution < -0.4 is 11.1 Å². The molecule has 0 spiro atoms. The molecule has 0 saturated heterocycles. The minimum Gasteiger partial charge on any atom is -0.444 e. The van der Waals surface area contributed by atoms with Gasteiger partial charge < -0.3 is 15.8 Å². The third-order valence-electron chi connectivity index (χ3n) is 3.38. The summed E-state index contributed by atoms with van der Waals surface area (Å²) in [6.45, 7) is 5.11. The van der Waals surface area contributed by atoms with Gasteiger partial charge in [-0.1, -0.05) is 30.3 Å². The topological polar surface area (TPSA) is 64.3 Å². The Balaban J connectivity index is 2.21. The van der Waals surface area contributed by atoms with E-state index in [1.165, 1.54) is 0 Å². The summed E-state index contributed by atoms with van der Waals surface area (Å²) in [5, 5.41) is 2.48. The largest absolute Gasteiger partial charge is 0.444 e. The van der Waals surface area contributed by atoms with Crippen molar-refractivity contribution in [1.82, 2.24) is 5.32 Å². The van der Waals surface area contributed by atoms with E-state index in [1.807, 2.05) is 0 Å². The van der Waals surface area contributed by atoms with E-state index in [2.05, 4.69) is 5.32 Å². The highest BCUT2D eigenvalue weighted by Gasteiger charge is 2.73. The van der Waals surface area contributed by atoms with Crippen LogP contribution in [0.5, 0.6) is 0 Å². The lowest BCUT2D eigenvalue weighted by Crippen LogP contribution is -2.47. The van der Waals surface area contributed by atoms with Crippen molar-refractivity contribution in [3.63, 3.8) is 0 Å². The van der Waals surface area contributed by atoms with Crippen molar-refractivity contribution in [3.05, 3.63) is 35.9 Å². The van der Waals surface area contributed by atoms with E-state index in [1.54, 1.807) is 51.1 Å². The molecule has 0 radical (unpaired) electrons. The Labute approximate surface area is 122 Å². The van der Waals surface area contributed by atoms with Crippen LogP contribution in [0.25, 0.3) is 0 Å². The molecule has 116 valence electrons. The summed E-state index contributed by atoms with van der Waals surface area (Å²) in [6, 6.07) is 7.51. The molecule has 3 N–H and O–H groups in total. The first kappa shape index (κ1) is 15.7. The second-order valence-electron chi connectivity index (χ2n) is 6.41. The standard InChI is InChI=1S/C15H20F2N2O2/c1-13(2,3)21-12(20)19-11(10-7-5-4-6-8-10)14(18)9-15(14,16)17/h4-8,11H,9,18H2,1-3H3,(H,19,20). The van der Waals surface area contributed by atoms with E-state index in [9.17, 15) is 13.6 Å². The highest BCUT2D eigenvalue weighted by molar-refractivity contribution is 5.69. The van der Waals surface area contributed by atoms with Gasteiger partial charge in [-0.15, -0.1) is 0 Å². The molecule has 1 aromatic carbocycles. The minimum atomic E-state index is -3.00. The van der Waals surface area contributed by atoms with E-state index in [0.717, 1.165) is 0 Å². The lowest BCUT2D eigenvalue weighted by Gasteiger charge is -2.27. The van der Waals surface area contributed by atoms with Crippen LogP contribution in [0.4, 0.5) is 13.6 Å². The number of nitrogens with one attached hydrogen (secondary N) is 1. The highest BCUT2D eigenvalue weighted by atomic mass is 19.3. The van der Waals surface area contributed by atoms with Crippen LogP contribution in [0, 0.1) is 0 Å². The van der Waals surface area contributed by atoms with Gasteiger partial charge in [-0.3, -0.25) is 0 Å². The van der Waals surface area contributed by atoms with Gasteiger partial charge in [0, 0.05) is 6.42 Å². The van der Waals surface area contributed by atoms with E-state index in [-0.39, 0.29) is 0 Å². The number of alkyl halides is 2. The molecule has 1 amide bonds. The fourth-order valence-corrected chi connectivity index (χ4v) is 2.22. The maximum atomic E-state index is 13.6. The Hall–Kier alpha value is -1.69. The number of nitrogens with two attached hydrogens (primary N) is 1. The molecule has 2 atom stereocenters. The molecule has 1 aliphatic rings. The molecule has 1 saturated carbocycles. The van der Waals surface area contributed by atoms with Crippen LogP contribution in [0.3, 0.4) is 0 Å². The first-order chi connectivity index (χ1) is 9.55. The van der Waals surface area contributed by atoms with Gasteiger partial charge in [0.2, 0.25) is 0 Å². The molecule has 1 fully saturated rings. The molecule has 1 aliphatic carbocycles. The van der Waals surface area contributed by atoms with Crippen molar-refractivity contribution < 1.29 is 18.3 Å². The molecule has 0 aromatic heterocycles. The molecule has 0 aliphatic heterocycles. The third-order valence-corrected chi connectivity index (χ3v) is 3.38. The van der Waals surface area contributed by atoms with Gasteiger partial charge in [0.1, 0.15) is 11.1 Å². The number of halogens is 2. The number of carbonyl (C=O) groups excluding carboxylic acids is 1. The Bertz CT molecular complexity index is 528. The van der Waals surface area contributed by atoms with Crippen molar-refractivity contribution in [3.8, 4) is 0 Å². The van der Waals surface area contributed by atoms with Gasteiger partial charge in [-0.05, 0) is 26.3 Å². The second-order valence-corrected chi connectivity index (χ2v) is 6.41. The maximum Gasteiger partial charge on any atom is 0.408 e. The summed E-state index contributed by atoms with van der Waals surface area (Å²) in [7, 11) is 0. The number of rotatable bonds is 3. The zero-order valence-corrected chi connectivity index (χ0v) is 12.3. The third kappa shape index (κ3) is 3.32. The lowest BCUT2D eigenvalue weighted by atomic mass is 9.97. The molecule has 0 heterocycles. The SMILES string of the molecule is CC(C)(C)OC(=O)NC(c1ccccc1)C1(N)CC1(F)F. The number of benzene rings is 1. The lowest BCUT2D eigenvalue weighted by molar-refractivity contribution is 0.0435. The molecule has 21 heavy (non-hydrogen) atoms. The predicted octanol–water partition coefficient (Wildman–Crippen LogP) is 2.99. The van der Waals surface area contributed by atoms with Gasteiger partial charge in [0.25, 0.3) is 5.92 Å². The number of carbonyl (C=O) groups is 1. The molecule has 2 rings (SSSR count). The second kappa shape index (κ2) is 4.94. The number of amides is 1. The minimum absolute atomic E-state index is 0.463. The van der Waals surface area contributed by atoms with E-state index in [4.69, 9.17) is 10.5 Å². The predicted molar refractivity (Wildman–Crippen MR) is 75.0 cm³/mol. The average Bonchev–Trinajstić information content (AvgIpc) is 2.85. The number of hydrogen-bond acceptors (Lipinski definition) is 3. The maximum absolute atomic E-state index is 13.6. The zero-order valence-electron chi connectivity index (χ0n) is 12.3. The van der Waals surface area contributed by atoms with Crippen LogP contribution in [0.15, 0.2) is 30.3 Å². The van der Waals surface area contributed by atoms with Gasteiger partial charge >= 0.3 is 6.09 Å². The molecule has 4 nitrogen and oxygen atoms in total. The van der Waals surface area contributed by atoms with Crippen LogP contribution in [-0.2, 0) is 4.74 Å². The summed E-state index contributed by atoms with van der Waals surface area (Å²) in [5.41, 5.74) is 3.84. The highest BCUT2D eigenvalue weighted by Crippen LogP contribution is 2.57. The van der Waals surface area contributed by atoms with Crippen molar-refractivity contribution in [1.29, 1.82) is 0 Å². The number of hydrogen-bond donors (Lipinski definition) is 2. The number of ether oxygens (including phenoxy) is 1. The Kier molecular flexibility index (Phi) is 3.70. The molecule has 2 unspecified atom stereocenters. The summed E-state index contributed by atoms with van der Waals surface area (Å²) in [4.78, 5) is 11.9. The molecular formula is C15H20F2N2O2. The first-order valence-electron chi connectivity index (χ1n) is 6.76. The van der Waals surface area contributed by atoms with E-state index >= 15 is 0 Å². The van der Waals surface area contributed by atoms with Crippen molar-refractivity contribution in [2.45, 2.75) is 50.3 Å². The van der Waals surface area contributed by atoms with Gasteiger partial charge in [0.15, 0.2) is 0 Å². The molecule has 0 bridgehead atoms. The fraction of sp³-hybridized carbons (Fsp3) is 0.533. The first-order valence-corrected chi connectivity index (χ1v) is 6.76. The summed E-state index contributed by atoms with van der Waals surface area (Å²) >= 11 is 0. The van der Waals surface area contributed by atoms with Crippen LogP contribution >= 0.6 is 0 Å². The van der Waals surface area contributed by atoms with Crippen LogP contribution in [0.2, 0.25) is 0 Å². The number of alkyl carbamates (subject to hydrolysis) is 1. The monoisotopic (exact) mass is 298 g/mol. The van der Waals surface area contributed by atoms with E-state index in [0.29, 0.717) is 5.56 Å². The van der Waals surface area contributed by atoms with Gasteiger partial charge in [-0.25, -0.2) is 13.6 Å². The Morgan fingerprint density at radius 1 is 1.33 bits per heavy atom. The fourth-order valence-electron chi connectivity index (χ4n) is 2.22. The smallest absolute Gasteiger partial charge is 0.408 e. The summed E-state index contributed by atoms with van der Waals surface area (Å²) < 4.78 is 32.3. The quantitative estimate of drug-likeness (QED) is 0.901. The van der Waals surface area contributed by atoms with Crippen molar-refractivity contribution >= 4 is 6.09 Å². The Morgan fingerprint density at radius 2 is 1.86 bits per heavy atom. The van der Waals surface area contributed by atoms with Gasteiger partial charge in [0.05, 0.1) is 6.04 Å².